The van der Waals surface area contributed by atoms with Crippen molar-refractivity contribution in [2.24, 2.45) is 0 Å². The van der Waals surface area contributed by atoms with Crippen LogP contribution in [-0.2, 0) is 14.6 Å². The third-order valence-electron chi connectivity index (χ3n) is 2.11. The second-order valence-corrected chi connectivity index (χ2v) is 6.23. The molecule has 0 saturated carbocycles. The fraction of sp³-hybridized carbons (Fsp3) is 0.875. The van der Waals surface area contributed by atoms with Crippen LogP contribution < -0.4 is 5.32 Å². The van der Waals surface area contributed by atoms with Gasteiger partial charge in [-0.2, -0.15) is 0 Å². The molecular formula is C8H14ClNO3S. The maximum Gasteiger partial charge on any atom is 0.220 e. The van der Waals surface area contributed by atoms with Gasteiger partial charge in [0.1, 0.15) is 0 Å². The van der Waals surface area contributed by atoms with Gasteiger partial charge in [-0.25, -0.2) is 8.42 Å². The SMILES string of the molecule is CCCC(=O)N[C@@H]1CS(=O)(=O)C[C@H]1Cl. The minimum atomic E-state index is -3.05. The van der Waals surface area contributed by atoms with Crippen LogP contribution in [0.5, 0.6) is 0 Å². The van der Waals surface area contributed by atoms with Gasteiger partial charge in [-0.3, -0.25) is 4.79 Å². The van der Waals surface area contributed by atoms with Crippen molar-refractivity contribution in [3.8, 4) is 0 Å². The summed E-state index contributed by atoms with van der Waals surface area (Å²) in [6.07, 6.45) is 1.17. The number of carbonyl (C=O) groups is 1. The number of sulfone groups is 1. The van der Waals surface area contributed by atoms with Crippen LogP contribution in [0.3, 0.4) is 0 Å². The average Bonchev–Trinajstić information content (AvgIpc) is 2.25. The first-order valence-electron chi connectivity index (χ1n) is 4.58. The molecule has 0 radical (unpaired) electrons. The third kappa shape index (κ3) is 3.13. The van der Waals surface area contributed by atoms with Gasteiger partial charge in [0, 0.05) is 6.42 Å². The van der Waals surface area contributed by atoms with Crippen molar-refractivity contribution in [3.63, 3.8) is 0 Å². The molecule has 1 aliphatic heterocycles. The Kier molecular flexibility index (Phi) is 3.78. The first-order valence-corrected chi connectivity index (χ1v) is 6.84. The van der Waals surface area contributed by atoms with Gasteiger partial charge in [0.15, 0.2) is 9.84 Å². The number of hydrogen-bond donors (Lipinski definition) is 1. The molecule has 0 aromatic rings. The van der Waals surface area contributed by atoms with Crippen LogP contribution in [0.1, 0.15) is 19.8 Å². The molecule has 82 valence electrons. The Morgan fingerprint density at radius 3 is 2.57 bits per heavy atom. The average molecular weight is 240 g/mol. The van der Waals surface area contributed by atoms with E-state index in [1.165, 1.54) is 0 Å². The molecule has 0 unspecified atom stereocenters. The van der Waals surface area contributed by atoms with E-state index in [0.29, 0.717) is 6.42 Å². The lowest BCUT2D eigenvalue weighted by atomic mass is 10.2. The summed E-state index contributed by atoms with van der Waals surface area (Å²) >= 11 is 5.81. The van der Waals surface area contributed by atoms with Crippen LogP contribution in [0.15, 0.2) is 0 Å². The molecule has 1 amide bonds. The quantitative estimate of drug-likeness (QED) is 0.721. The smallest absolute Gasteiger partial charge is 0.220 e. The molecule has 0 aromatic heterocycles. The summed E-state index contributed by atoms with van der Waals surface area (Å²) in [5.41, 5.74) is 0. The largest absolute Gasteiger partial charge is 0.351 e. The maximum atomic E-state index is 11.2. The van der Waals surface area contributed by atoms with Crippen molar-refractivity contribution in [2.45, 2.75) is 31.2 Å². The number of alkyl halides is 1. The lowest BCUT2D eigenvalue weighted by Gasteiger charge is -2.13. The molecule has 1 saturated heterocycles. The molecule has 1 heterocycles. The van der Waals surface area contributed by atoms with Gasteiger partial charge in [0.2, 0.25) is 5.91 Å². The Bertz CT molecular complexity index is 315. The molecular weight excluding hydrogens is 226 g/mol. The summed E-state index contributed by atoms with van der Waals surface area (Å²) in [7, 11) is -3.05. The molecule has 14 heavy (non-hydrogen) atoms. The van der Waals surface area contributed by atoms with E-state index >= 15 is 0 Å². The molecule has 0 bridgehead atoms. The normalized spacial score (nSPS) is 30.1. The Balaban J connectivity index is 2.51. The highest BCUT2D eigenvalue weighted by molar-refractivity contribution is 7.91. The topological polar surface area (TPSA) is 63.2 Å². The Hall–Kier alpha value is -0.290. The van der Waals surface area contributed by atoms with Crippen LogP contribution in [-0.4, -0.2) is 37.2 Å². The van der Waals surface area contributed by atoms with E-state index in [4.69, 9.17) is 11.6 Å². The summed E-state index contributed by atoms with van der Waals surface area (Å²) in [5.74, 6) is -0.192. The fourth-order valence-electron chi connectivity index (χ4n) is 1.44. The van der Waals surface area contributed by atoms with Crippen molar-refractivity contribution in [1.82, 2.24) is 5.32 Å². The summed E-state index contributed by atoms with van der Waals surface area (Å²) in [4.78, 5) is 11.2. The van der Waals surface area contributed by atoms with Gasteiger partial charge in [-0.15, -0.1) is 11.6 Å². The number of hydrogen-bond acceptors (Lipinski definition) is 3. The van der Waals surface area contributed by atoms with Crippen LogP contribution in [0, 0.1) is 0 Å². The molecule has 0 spiro atoms. The maximum absolute atomic E-state index is 11.2. The van der Waals surface area contributed by atoms with Crippen LogP contribution in [0.2, 0.25) is 0 Å². The van der Waals surface area contributed by atoms with Crippen LogP contribution in [0.25, 0.3) is 0 Å². The molecule has 1 rings (SSSR count). The molecule has 1 aliphatic rings. The van der Waals surface area contributed by atoms with Crippen molar-refractivity contribution in [1.29, 1.82) is 0 Å². The van der Waals surface area contributed by atoms with Crippen molar-refractivity contribution >= 4 is 27.3 Å². The lowest BCUT2D eigenvalue weighted by Crippen LogP contribution is -2.40. The van der Waals surface area contributed by atoms with Crippen molar-refractivity contribution in [3.05, 3.63) is 0 Å². The van der Waals surface area contributed by atoms with Gasteiger partial charge in [-0.1, -0.05) is 6.92 Å². The highest BCUT2D eigenvalue weighted by Gasteiger charge is 2.36. The zero-order valence-electron chi connectivity index (χ0n) is 7.99. The fourth-order valence-corrected chi connectivity index (χ4v) is 3.99. The highest BCUT2D eigenvalue weighted by atomic mass is 35.5. The van der Waals surface area contributed by atoms with Crippen molar-refractivity contribution in [2.75, 3.05) is 11.5 Å². The first kappa shape index (κ1) is 11.8. The predicted octanol–water partition coefficient (Wildman–Crippen LogP) is 0.307. The van der Waals surface area contributed by atoms with E-state index in [1.807, 2.05) is 6.92 Å². The molecule has 0 aliphatic carbocycles. The summed E-state index contributed by atoms with van der Waals surface area (Å²) < 4.78 is 22.3. The molecule has 2 atom stereocenters. The lowest BCUT2D eigenvalue weighted by molar-refractivity contribution is -0.121. The van der Waals surface area contributed by atoms with E-state index in [-0.39, 0.29) is 17.4 Å². The summed E-state index contributed by atoms with van der Waals surface area (Å²) in [6, 6.07) is -0.416. The predicted molar refractivity (Wildman–Crippen MR) is 55.1 cm³/mol. The number of rotatable bonds is 3. The van der Waals surface area contributed by atoms with Crippen LogP contribution >= 0.6 is 11.6 Å². The molecule has 6 heteroatoms. The van der Waals surface area contributed by atoms with E-state index in [2.05, 4.69) is 5.32 Å². The van der Waals surface area contributed by atoms with Gasteiger partial charge in [0.25, 0.3) is 0 Å². The molecule has 4 nitrogen and oxygen atoms in total. The summed E-state index contributed by atoms with van der Waals surface area (Å²) in [6.45, 7) is 1.89. The Morgan fingerprint density at radius 1 is 1.50 bits per heavy atom. The second-order valence-electron chi connectivity index (χ2n) is 3.52. The van der Waals surface area contributed by atoms with E-state index in [1.54, 1.807) is 0 Å². The van der Waals surface area contributed by atoms with Crippen molar-refractivity contribution < 1.29 is 13.2 Å². The summed E-state index contributed by atoms with van der Waals surface area (Å²) in [5, 5.41) is 2.15. The zero-order valence-corrected chi connectivity index (χ0v) is 9.57. The van der Waals surface area contributed by atoms with Gasteiger partial charge >= 0.3 is 0 Å². The van der Waals surface area contributed by atoms with Crippen LogP contribution in [0.4, 0.5) is 0 Å². The number of carbonyl (C=O) groups excluding carboxylic acids is 1. The third-order valence-corrected chi connectivity index (χ3v) is 4.48. The minimum absolute atomic E-state index is 0.0311. The zero-order chi connectivity index (χ0) is 10.8. The van der Waals surface area contributed by atoms with E-state index in [0.717, 1.165) is 6.42 Å². The molecule has 0 aromatic carbocycles. The van der Waals surface area contributed by atoms with Gasteiger partial charge in [0.05, 0.1) is 22.9 Å². The molecule has 1 fully saturated rings. The highest BCUT2D eigenvalue weighted by Crippen LogP contribution is 2.17. The van der Waals surface area contributed by atoms with Gasteiger partial charge in [-0.05, 0) is 6.42 Å². The number of nitrogens with one attached hydrogen (secondary N) is 1. The minimum Gasteiger partial charge on any atom is -0.351 e. The standard InChI is InChI=1S/C8H14ClNO3S/c1-2-3-8(11)10-7-5-14(12,13)4-6(7)9/h6-7H,2-5H2,1H3,(H,10,11)/t6-,7-/m1/s1. The van der Waals surface area contributed by atoms with E-state index < -0.39 is 21.3 Å². The molecule has 1 N–H and O–H groups in total. The first-order chi connectivity index (χ1) is 6.44. The number of amides is 1. The number of halogens is 1. The van der Waals surface area contributed by atoms with Gasteiger partial charge < -0.3 is 5.32 Å². The monoisotopic (exact) mass is 239 g/mol. The van der Waals surface area contributed by atoms with E-state index in [9.17, 15) is 13.2 Å². The Morgan fingerprint density at radius 2 is 2.14 bits per heavy atom. The Labute approximate surface area is 88.9 Å². The second kappa shape index (κ2) is 4.49.